The van der Waals surface area contributed by atoms with Crippen molar-refractivity contribution >= 4 is 0 Å². The van der Waals surface area contributed by atoms with Crippen LogP contribution >= 0.6 is 0 Å². The van der Waals surface area contributed by atoms with Crippen LogP contribution in [0.1, 0.15) is 23.6 Å². The Hall–Kier alpha value is -0.900. The molecule has 0 radical (unpaired) electrons. The van der Waals surface area contributed by atoms with Gasteiger partial charge >= 0.3 is 0 Å². The van der Waals surface area contributed by atoms with Crippen LogP contribution < -0.4 is 5.73 Å². The molecule has 0 aliphatic carbocycles. The van der Waals surface area contributed by atoms with Crippen molar-refractivity contribution in [3.8, 4) is 0 Å². The standard InChI is InChI=1S/C15H24N2O/c1-11-4-5-14(12(2)8-11)9-17-6-7-18-15(10-17)13(3)16/h4-5,8,13,15H,6-7,9-10,16H2,1-3H3. The number of rotatable bonds is 3. The number of hydrogen-bond donors (Lipinski definition) is 1. The summed E-state index contributed by atoms with van der Waals surface area (Å²) in [5, 5.41) is 0. The number of nitrogens with two attached hydrogens (primary N) is 1. The van der Waals surface area contributed by atoms with E-state index in [4.69, 9.17) is 10.5 Å². The smallest absolute Gasteiger partial charge is 0.0850 e. The second-order valence-corrected chi connectivity index (χ2v) is 5.43. The minimum absolute atomic E-state index is 0.104. The predicted octanol–water partition coefficient (Wildman–Crippen LogP) is 1.85. The molecule has 0 spiro atoms. The van der Waals surface area contributed by atoms with Gasteiger partial charge in [0.15, 0.2) is 0 Å². The van der Waals surface area contributed by atoms with E-state index in [9.17, 15) is 0 Å². The molecule has 1 fully saturated rings. The van der Waals surface area contributed by atoms with E-state index < -0.39 is 0 Å². The van der Waals surface area contributed by atoms with E-state index in [2.05, 4.69) is 36.9 Å². The zero-order valence-corrected chi connectivity index (χ0v) is 11.6. The average molecular weight is 248 g/mol. The van der Waals surface area contributed by atoms with E-state index in [1.807, 2.05) is 6.92 Å². The van der Waals surface area contributed by atoms with Crippen LogP contribution in [0.3, 0.4) is 0 Å². The van der Waals surface area contributed by atoms with Crippen LogP contribution in [-0.4, -0.2) is 36.7 Å². The first-order chi connectivity index (χ1) is 8.56. The number of nitrogens with zero attached hydrogens (tertiary/aromatic N) is 1. The first kappa shape index (κ1) is 13.5. The lowest BCUT2D eigenvalue weighted by Crippen LogP contribution is -2.49. The van der Waals surface area contributed by atoms with E-state index in [1.54, 1.807) is 0 Å². The van der Waals surface area contributed by atoms with Crippen LogP contribution in [-0.2, 0) is 11.3 Å². The molecule has 1 aromatic carbocycles. The van der Waals surface area contributed by atoms with Gasteiger partial charge in [-0.05, 0) is 31.9 Å². The lowest BCUT2D eigenvalue weighted by Gasteiger charge is -2.35. The molecular formula is C15H24N2O. The molecule has 0 saturated carbocycles. The highest BCUT2D eigenvalue weighted by Gasteiger charge is 2.23. The molecule has 2 N–H and O–H groups in total. The van der Waals surface area contributed by atoms with Gasteiger partial charge in [0, 0.05) is 25.7 Å². The largest absolute Gasteiger partial charge is 0.374 e. The van der Waals surface area contributed by atoms with Gasteiger partial charge in [0.25, 0.3) is 0 Å². The van der Waals surface area contributed by atoms with E-state index in [1.165, 1.54) is 16.7 Å². The first-order valence-electron chi connectivity index (χ1n) is 6.72. The number of ether oxygens (including phenoxy) is 1. The third-order valence-electron chi connectivity index (χ3n) is 3.66. The van der Waals surface area contributed by atoms with Gasteiger partial charge < -0.3 is 10.5 Å². The Balaban J connectivity index is 2.00. The highest BCUT2D eigenvalue weighted by molar-refractivity contribution is 5.30. The number of morpholine rings is 1. The Morgan fingerprint density at radius 1 is 1.44 bits per heavy atom. The molecular weight excluding hydrogens is 224 g/mol. The molecule has 3 heteroatoms. The summed E-state index contributed by atoms with van der Waals surface area (Å²) in [6.07, 6.45) is 0.171. The van der Waals surface area contributed by atoms with Gasteiger partial charge in [-0.3, -0.25) is 4.90 Å². The summed E-state index contributed by atoms with van der Waals surface area (Å²) in [5.41, 5.74) is 10.0. The van der Waals surface area contributed by atoms with Crippen molar-refractivity contribution in [2.24, 2.45) is 5.73 Å². The molecule has 1 heterocycles. The molecule has 2 atom stereocenters. The van der Waals surface area contributed by atoms with Crippen LogP contribution in [0.4, 0.5) is 0 Å². The quantitative estimate of drug-likeness (QED) is 0.887. The van der Waals surface area contributed by atoms with Crippen LogP contribution in [0, 0.1) is 13.8 Å². The highest BCUT2D eigenvalue weighted by atomic mass is 16.5. The maximum atomic E-state index is 5.92. The zero-order chi connectivity index (χ0) is 13.1. The van der Waals surface area contributed by atoms with Crippen molar-refractivity contribution < 1.29 is 4.74 Å². The maximum Gasteiger partial charge on any atom is 0.0850 e. The summed E-state index contributed by atoms with van der Waals surface area (Å²) in [4.78, 5) is 2.44. The van der Waals surface area contributed by atoms with E-state index in [0.717, 1.165) is 26.2 Å². The predicted molar refractivity (Wildman–Crippen MR) is 74.6 cm³/mol. The SMILES string of the molecule is Cc1ccc(CN2CCOC(C(C)N)C2)c(C)c1. The zero-order valence-electron chi connectivity index (χ0n) is 11.6. The third kappa shape index (κ3) is 3.31. The van der Waals surface area contributed by atoms with Crippen LogP contribution in [0.5, 0.6) is 0 Å². The molecule has 1 aliphatic rings. The Morgan fingerprint density at radius 2 is 2.22 bits per heavy atom. The molecule has 2 unspecified atom stereocenters. The molecule has 1 aromatic rings. The minimum atomic E-state index is 0.104. The fraction of sp³-hybridized carbons (Fsp3) is 0.600. The van der Waals surface area contributed by atoms with Gasteiger partial charge in [0.05, 0.1) is 12.7 Å². The van der Waals surface area contributed by atoms with E-state index in [0.29, 0.717) is 0 Å². The fourth-order valence-corrected chi connectivity index (χ4v) is 2.46. The second kappa shape index (κ2) is 5.83. The van der Waals surface area contributed by atoms with Crippen molar-refractivity contribution in [1.29, 1.82) is 0 Å². The lowest BCUT2D eigenvalue weighted by atomic mass is 10.0. The minimum Gasteiger partial charge on any atom is -0.374 e. The molecule has 1 aliphatic heterocycles. The molecule has 1 saturated heterocycles. The third-order valence-corrected chi connectivity index (χ3v) is 3.66. The second-order valence-electron chi connectivity index (χ2n) is 5.43. The van der Waals surface area contributed by atoms with Gasteiger partial charge in [-0.15, -0.1) is 0 Å². The summed E-state index contributed by atoms with van der Waals surface area (Å²) in [6.45, 7) is 10.1. The van der Waals surface area contributed by atoms with Crippen molar-refractivity contribution in [3.63, 3.8) is 0 Å². The van der Waals surface area contributed by atoms with Crippen LogP contribution in [0.15, 0.2) is 18.2 Å². The van der Waals surface area contributed by atoms with Gasteiger partial charge in [0.2, 0.25) is 0 Å². The van der Waals surface area contributed by atoms with Crippen molar-refractivity contribution in [2.45, 2.75) is 39.5 Å². The number of benzene rings is 1. The lowest BCUT2D eigenvalue weighted by molar-refractivity contribution is -0.0404. The molecule has 0 bridgehead atoms. The molecule has 0 aromatic heterocycles. The highest BCUT2D eigenvalue weighted by Crippen LogP contribution is 2.16. The van der Waals surface area contributed by atoms with E-state index >= 15 is 0 Å². The fourth-order valence-electron chi connectivity index (χ4n) is 2.46. The monoisotopic (exact) mass is 248 g/mol. The van der Waals surface area contributed by atoms with Crippen molar-refractivity contribution in [3.05, 3.63) is 34.9 Å². The summed E-state index contributed by atoms with van der Waals surface area (Å²) >= 11 is 0. The van der Waals surface area contributed by atoms with Gasteiger partial charge in [0.1, 0.15) is 0 Å². The topological polar surface area (TPSA) is 38.5 Å². The van der Waals surface area contributed by atoms with Crippen molar-refractivity contribution in [1.82, 2.24) is 4.90 Å². The molecule has 18 heavy (non-hydrogen) atoms. The normalized spacial score (nSPS) is 23.0. The summed E-state index contributed by atoms with van der Waals surface area (Å²) in [5.74, 6) is 0. The van der Waals surface area contributed by atoms with Gasteiger partial charge in [-0.1, -0.05) is 23.8 Å². The first-order valence-corrected chi connectivity index (χ1v) is 6.72. The Bertz CT molecular complexity index is 403. The average Bonchev–Trinajstić information content (AvgIpc) is 2.33. The maximum absolute atomic E-state index is 5.92. The molecule has 0 amide bonds. The Morgan fingerprint density at radius 3 is 2.89 bits per heavy atom. The summed E-state index contributed by atoms with van der Waals surface area (Å²) in [6, 6.07) is 6.78. The molecule has 2 rings (SSSR count). The summed E-state index contributed by atoms with van der Waals surface area (Å²) < 4.78 is 5.69. The van der Waals surface area contributed by atoms with Crippen LogP contribution in [0.25, 0.3) is 0 Å². The summed E-state index contributed by atoms with van der Waals surface area (Å²) in [7, 11) is 0. The van der Waals surface area contributed by atoms with Crippen LogP contribution in [0.2, 0.25) is 0 Å². The number of aryl methyl sites for hydroxylation is 2. The Kier molecular flexibility index (Phi) is 4.38. The number of hydrogen-bond acceptors (Lipinski definition) is 3. The van der Waals surface area contributed by atoms with Gasteiger partial charge in [-0.25, -0.2) is 0 Å². The van der Waals surface area contributed by atoms with E-state index in [-0.39, 0.29) is 12.1 Å². The Labute approximate surface area is 110 Å². The molecule has 100 valence electrons. The van der Waals surface area contributed by atoms with Crippen molar-refractivity contribution in [2.75, 3.05) is 19.7 Å². The van der Waals surface area contributed by atoms with Gasteiger partial charge in [-0.2, -0.15) is 0 Å². The molecule has 3 nitrogen and oxygen atoms in total.